The molecule has 0 radical (unpaired) electrons. The van der Waals surface area contributed by atoms with Gasteiger partial charge in [0.25, 0.3) is 5.91 Å². The zero-order valence-electron chi connectivity index (χ0n) is 9.70. The molecule has 0 aliphatic carbocycles. The van der Waals surface area contributed by atoms with Crippen LogP contribution < -0.4 is 0 Å². The van der Waals surface area contributed by atoms with Crippen LogP contribution in [0.4, 0.5) is 4.39 Å². The standard InChI is InChI=1S/C13H12BrFN2O/c14-10-4-1-5-11(15)12(10)13(18)17-6-2-3-9(7-16)8-17/h1,4-5,9H,2-3,6,8H2. The molecule has 1 fully saturated rings. The number of halogens is 2. The number of carbonyl (C=O) groups is 1. The molecule has 1 saturated heterocycles. The van der Waals surface area contributed by atoms with Crippen LogP contribution in [0.3, 0.4) is 0 Å². The van der Waals surface area contributed by atoms with Crippen LogP contribution in [0.15, 0.2) is 22.7 Å². The summed E-state index contributed by atoms with van der Waals surface area (Å²) in [5, 5.41) is 8.90. The van der Waals surface area contributed by atoms with E-state index in [9.17, 15) is 9.18 Å². The first-order valence-electron chi connectivity index (χ1n) is 5.76. The molecule has 0 aromatic heterocycles. The lowest BCUT2D eigenvalue weighted by atomic mass is 9.99. The van der Waals surface area contributed by atoms with Gasteiger partial charge in [-0.05, 0) is 40.9 Å². The number of nitrogens with zero attached hydrogens (tertiary/aromatic N) is 2. The number of hydrogen-bond donors (Lipinski definition) is 0. The highest BCUT2D eigenvalue weighted by Crippen LogP contribution is 2.24. The molecule has 0 spiro atoms. The zero-order valence-corrected chi connectivity index (χ0v) is 11.3. The SMILES string of the molecule is N#CC1CCCN(C(=O)c2c(F)cccc2Br)C1. The Morgan fingerprint density at radius 1 is 1.56 bits per heavy atom. The summed E-state index contributed by atoms with van der Waals surface area (Å²) in [6.07, 6.45) is 1.59. The lowest BCUT2D eigenvalue weighted by molar-refractivity contribution is 0.0693. The van der Waals surface area contributed by atoms with Crippen LogP contribution in [0.1, 0.15) is 23.2 Å². The third-order valence-corrected chi connectivity index (χ3v) is 3.73. The molecule has 1 aliphatic rings. The monoisotopic (exact) mass is 310 g/mol. The molecule has 1 aromatic carbocycles. The van der Waals surface area contributed by atoms with Gasteiger partial charge in [-0.2, -0.15) is 5.26 Å². The maximum absolute atomic E-state index is 13.7. The Bertz CT molecular complexity index is 492. The molecule has 0 saturated carbocycles. The summed E-state index contributed by atoms with van der Waals surface area (Å²) in [7, 11) is 0. The topological polar surface area (TPSA) is 44.1 Å². The van der Waals surface area contributed by atoms with Crippen molar-refractivity contribution in [3.05, 3.63) is 34.1 Å². The fourth-order valence-corrected chi connectivity index (χ4v) is 2.64. The average Bonchev–Trinajstić information content (AvgIpc) is 2.38. The van der Waals surface area contributed by atoms with E-state index < -0.39 is 5.82 Å². The maximum Gasteiger partial charge on any atom is 0.258 e. The molecule has 5 heteroatoms. The number of benzene rings is 1. The van der Waals surface area contributed by atoms with E-state index in [0.717, 1.165) is 12.8 Å². The Morgan fingerprint density at radius 3 is 3.00 bits per heavy atom. The van der Waals surface area contributed by atoms with Gasteiger partial charge < -0.3 is 4.90 Å². The van der Waals surface area contributed by atoms with Crippen molar-refractivity contribution in [1.82, 2.24) is 4.90 Å². The molecule has 1 aliphatic heterocycles. The Labute approximate surface area is 113 Å². The minimum Gasteiger partial charge on any atom is -0.337 e. The minimum absolute atomic E-state index is 0.0519. The fourth-order valence-electron chi connectivity index (χ4n) is 2.13. The van der Waals surface area contributed by atoms with Gasteiger partial charge in [0.15, 0.2) is 0 Å². The number of nitriles is 1. The van der Waals surface area contributed by atoms with Crippen molar-refractivity contribution in [3.63, 3.8) is 0 Å². The van der Waals surface area contributed by atoms with Crippen molar-refractivity contribution >= 4 is 21.8 Å². The predicted molar refractivity (Wildman–Crippen MR) is 68.3 cm³/mol. The molecule has 0 N–H and O–H groups in total. The van der Waals surface area contributed by atoms with Crippen LogP contribution in [0.2, 0.25) is 0 Å². The van der Waals surface area contributed by atoms with Gasteiger partial charge in [0.2, 0.25) is 0 Å². The minimum atomic E-state index is -0.534. The molecule has 1 aromatic rings. The highest BCUT2D eigenvalue weighted by molar-refractivity contribution is 9.10. The number of rotatable bonds is 1. The summed E-state index contributed by atoms with van der Waals surface area (Å²) in [4.78, 5) is 13.8. The van der Waals surface area contributed by atoms with E-state index in [2.05, 4.69) is 22.0 Å². The van der Waals surface area contributed by atoms with Crippen LogP contribution in [-0.4, -0.2) is 23.9 Å². The molecule has 1 atom stereocenters. The number of carbonyl (C=O) groups excluding carboxylic acids is 1. The number of amides is 1. The van der Waals surface area contributed by atoms with Crippen molar-refractivity contribution in [2.75, 3.05) is 13.1 Å². The molecule has 1 heterocycles. The number of likely N-dealkylation sites (tertiary alicyclic amines) is 1. The molecule has 0 bridgehead atoms. The largest absolute Gasteiger partial charge is 0.337 e. The van der Waals surface area contributed by atoms with Gasteiger partial charge in [-0.25, -0.2) is 4.39 Å². The molecular formula is C13H12BrFN2O. The van der Waals surface area contributed by atoms with Gasteiger partial charge in [0.1, 0.15) is 5.82 Å². The second-order valence-corrected chi connectivity index (χ2v) is 5.17. The highest BCUT2D eigenvalue weighted by atomic mass is 79.9. The molecule has 2 rings (SSSR count). The Hall–Kier alpha value is -1.41. The smallest absolute Gasteiger partial charge is 0.258 e. The van der Waals surface area contributed by atoms with Gasteiger partial charge >= 0.3 is 0 Å². The molecule has 18 heavy (non-hydrogen) atoms. The van der Waals surface area contributed by atoms with Crippen molar-refractivity contribution in [2.24, 2.45) is 5.92 Å². The molecule has 94 valence electrons. The van der Waals surface area contributed by atoms with Crippen molar-refractivity contribution < 1.29 is 9.18 Å². The van der Waals surface area contributed by atoms with Crippen molar-refractivity contribution in [3.8, 4) is 6.07 Å². The Balaban J connectivity index is 2.24. The first-order valence-corrected chi connectivity index (χ1v) is 6.55. The molecule has 1 unspecified atom stereocenters. The van der Waals surface area contributed by atoms with E-state index in [1.54, 1.807) is 17.0 Å². The van der Waals surface area contributed by atoms with Crippen molar-refractivity contribution in [1.29, 1.82) is 5.26 Å². The lowest BCUT2D eigenvalue weighted by Gasteiger charge is -2.30. The van der Waals surface area contributed by atoms with Crippen LogP contribution >= 0.6 is 15.9 Å². The third kappa shape index (κ3) is 2.54. The van der Waals surface area contributed by atoms with Gasteiger partial charge in [-0.3, -0.25) is 4.79 Å². The second kappa shape index (κ2) is 5.49. The number of piperidine rings is 1. The molecule has 1 amide bonds. The normalized spacial score (nSPS) is 19.4. The Morgan fingerprint density at radius 2 is 2.33 bits per heavy atom. The second-order valence-electron chi connectivity index (χ2n) is 4.32. The lowest BCUT2D eigenvalue weighted by Crippen LogP contribution is -2.40. The van der Waals surface area contributed by atoms with Gasteiger partial charge in [-0.1, -0.05) is 6.07 Å². The van der Waals surface area contributed by atoms with Crippen molar-refractivity contribution in [2.45, 2.75) is 12.8 Å². The van der Waals surface area contributed by atoms with E-state index >= 15 is 0 Å². The van der Waals surface area contributed by atoms with E-state index in [4.69, 9.17) is 5.26 Å². The van der Waals surface area contributed by atoms with E-state index in [-0.39, 0.29) is 17.4 Å². The third-order valence-electron chi connectivity index (χ3n) is 3.07. The highest BCUT2D eigenvalue weighted by Gasteiger charge is 2.27. The summed E-state index contributed by atoms with van der Waals surface area (Å²) in [5.41, 5.74) is 0.0519. The number of hydrogen-bond acceptors (Lipinski definition) is 2. The van der Waals surface area contributed by atoms with Crippen LogP contribution in [-0.2, 0) is 0 Å². The van der Waals surface area contributed by atoms with Gasteiger partial charge in [-0.15, -0.1) is 0 Å². The summed E-state index contributed by atoms with van der Waals surface area (Å²) in [5.74, 6) is -1.03. The van der Waals surface area contributed by atoms with E-state index in [1.807, 2.05) is 0 Å². The predicted octanol–water partition coefficient (Wildman–Crippen LogP) is 2.96. The summed E-state index contributed by atoms with van der Waals surface area (Å²) < 4.78 is 14.1. The summed E-state index contributed by atoms with van der Waals surface area (Å²) in [6, 6.07) is 6.62. The van der Waals surface area contributed by atoms with Gasteiger partial charge in [0.05, 0.1) is 17.6 Å². The molecular weight excluding hydrogens is 299 g/mol. The van der Waals surface area contributed by atoms with Crippen LogP contribution in [0, 0.1) is 23.1 Å². The fraction of sp³-hybridized carbons (Fsp3) is 0.385. The molecule has 3 nitrogen and oxygen atoms in total. The summed E-state index contributed by atoms with van der Waals surface area (Å²) >= 11 is 3.19. The Kier molecular flexibility index (Phi) is 3.97. The zero-order chi connectivity index (χ0) is 13.1. The maximum atomic E-state index is 13.7. The quantitative estimate of drug-likeness (QED) is 0.800. The van der Waals surface area contributed by atoms with Crippen LogP contribution in [0.5, 0.6) is 0 Å². The first kappa shape index (κ1) is 13.0. The summed E-state index contributed by atoms with van der Waals surface area (Å²) in [6.45, 7) is 0.966. The first-order chi connectivity index (χ1) is 8.63. The van der Waals surface area contributed by atoms with Gasteiger partial charge in [0, 0.05) is 17.6 Å². The van der Waals surface area contributed by atoms with E-state index in [1.165, 1.54) is 6.07 Å². The average molecular weight is 311 g/mol. The van der Waals surface area contributed by atoms with E-state index in [0.29, 0.717) is 17.6 Å². The van der Waals surface area contributed by atoms with Crippen LogP contribution in [0.25, 0.3) is 0 Å².